The van der Waals surface area contributed by atoms with Gasteiger partial charge in [-0.2, -0.15) is 0 Å². The monoisotopic (exact) mass is 412 g/mol. The van der Waals surface area contributed by atoms with Crippen LogP contribution in [0.15, 0.2) is 56.1 Å². The van der Waals surface area contributed by atoms with Crippen LogP contribution in [0, 0.1) is 5.92 Å². The maximum absolute atomic E-state index is 13.0. The van der Waals surface area contributed by atoms with E-state index in [4.69, 9.17) is 4.42 Å². The molecule has 0 N–H and O–H groups in total. The van der Waals surface area contributed by atoms with E-state index in [9.17, 15) is 9.59 Å². The number of pyridine rings is 1. The summed E-state index contributed by atoms with van der Waals surface area (Å²) in [4.78, 5) is 27.0. The Bertz CT molecular complexity index is 1080. The van der Waals surface area contributed by atoms with E-state index in [1.807, 2.05) is 45.9 Å². The maximum Gasteiger partial charge on any atom is 0.289 e. The van der Waals surface area contributed by atoms with E-state index in [-0.39, 0.29) is 17.4 Å². The predicted molar refractivity (Wildman–Crippen MR) is 101 cm³/mol. The summed E-state index contributed by atoms with van der Waals surface area (Å²) in [5, 5.41) is 0.914. The van der Waals surface area contributed by atoms with Crippen molar-refractivity contribution in [1.29, 1.82) is 0 Å². The molecule has 2 aliphatic rings. The molecule has 2 unspecified atom stereocenters. The van der Waals surface area contributed by atoms with E-state index < -0.39 is 0 Å². The quantitative estimate of drug-likeness (QED) is 0.613. The highest BCUT2D eigenvalue weighted by molar-refractivity contribution is 9.10. The number of aromatic nitrogens is 1. The van der Waals surface area contributed by atoms with Gasteiger partial charge < -0.3 is 13.9 Å². The van der Waals surface area contributed by atoms with Crippen molar-refractivity contribution in [1.82, 2.24) is 9.47 Å². The van der Waals surface area contributed by atoms with Gasteiger partial charge in [-0.1, -0.05) is 22.0 Å². The molecule has 1 saturated heterocycles. The molecule has 26 heavy (non-hydrogen) atoms. The minimum Gasteiger partial charge on any atom is -0.451 e. The third kappa shape index (κ3) is 2.51. The zero-order valence-corrected chi connectivity index (χ0v) is 15.6. The molecule has 0 saturated carbocycles. The molecule has 2 atom stereocenters. The highest BCUT2D eigenvalue weighted by atomic mass is 79.9. The van der Waals surface area contributed by atoms with Crippen LogP contribution in [0.5, 0.6) is 0 Å². The number of nitrogens with zero attached hydrogens (tertiary/aromatic N) is 2. The number of benzene rings is 1. The zero-order chi connectivity index (χ0) is 17.8. The molecule has 5 rings (SSSR count). The van der Waals surface area contributed by atoms with Crippen molar-refractivity contribution in [2.45, 2.75) is 18.9 Å². The van der Waals surface area contributed by atoms with Gasteiger partial charge in [0.15, 0.2) is 5.76 Å². The number of carbonyl (C=O) groups excluding carboxylic acids is 1. The fourth-order valence-electron chi connectivity index (χ4n) is 4.34. The minimum absolute atomic E-state index is 0.0554. The Kier molecular flexibility index (Phi) is 3.57. The molecule has 2 aliphatic heterocycles. The number of rotatable bonds is 1. The van der Waals surface area contributed by atoms with Crippen LogP contribution >= 0.6 is 15.9 Å². The fourth-order valence-corrected chi connectivity index (χ4v) is 4.72. The summed E-state index contributed by atoms with van der Waals surface area (Å²) in [6.45, 7) is 1.97. The summed E-state index contributed by atoms with van der Waals surface area (Å²) in [6, 6.07) is 13.0. The standard InChI is InChI=1S/C20H17BrN2O3/c21-15-4-5-17-13(7-15)8-18(26-17)20(25)22-9-12-6-14(11-22)16-2-1-3-19(24)23(16)10-12/h1-5,7-8,12,14H,6,9-11H2. The average molecular weight is 413 g/mol. The third-order valence-corrected chi connectivity index (χ3v) is 5.95. The number of amides is 1. The number of hydrogen-bond donors (Lipinski definition) is 0. The van der Waals surface area contributed by atoms with Crippen LogP contribution in [-0.4, -0.2) is 28.5 Å². The van der Waals surface area contributed by atoms with Crippen molar-refractivity contribution in [3.63, 3.8) is 0 Å². The number of hydrogen-bond acceptors (Lipinski definition) is 3. The molecule has 132 valence electrons. The van der Waals surface area contributed by atoms with Gasteiger partial charge >= 0.3 is 0 Å². The Hall–Kier alpha value is -2.34. The van der Waals surface area contributed by atoms with Gasteiger partial charge in [0.05, 0.1) is 0 Å². The summed E-state index contributed by atoms with van der Waals surface area (Å²) in [6.07, 6.45) is 1.03. The molecule has 5 nitrogen and oxygen atoms in total. The van der Waals surface area contributed by atoms with Crippen LogP contribution in [0.4, 0.5) is 0 Å². The van der Waals surface area contributed by atoms with Gasteiger partial charge in [0.1, 0.15) is 5.58 Å². The average Bonchev–Trinajstić information content (AvgIpc) is 3.05. The first kappa shape index (κ1) is 15.9. The molecular weight excluding hydrogens is 396 g/mol. The van der Waals surface area contributed by atoms with Gasteiger partial charge in [0, 0.05) is 47.2 Å². The Morgan fingerprint density at radius 3 is 2.88 bits per heavy atom. The second-order valence-electron chi connectivity index (χ2n) is 7.20. The number of furan rings is 1. The topological polar surface area (TPSA) is 55.5 Å². The van der Waals surface area contributed by atoms with Crippen LogP contribution in [0.2, 0.25) is 0 Å². The molecule has 0 aliphatic carbocycles. The van der Waals surface area contributed by atoms with E-state index >= 15 is 0 Å². The SMILES string of the molecule is O=C(c1cc2cc(Br)ccc2o1)N1CC2CC(C1)c1cccc(=O)n1C2. The summed E-state index contributed by atoms with van der Waals surface area (Å²) in [7, 11) is 0. The molecule has 6 heteroatoms. The molecule has 1 fully saturated rings. The van der Waals surface area contributed by atoms with Crippen molar-refractivity contribution >= 4 is 32.8 Å². The number of halogens is 1. The lowest BCUT2D eigenvalue weighted by Gasteiger charge is -2.42. The highest BCUT2D eigenvalue weighted by Gasteiger charge is 2.37. The van der Waals surface area contributed by atoms with Crippen LogP contribution < -0.4 is 5.56 Å². The number of fused-ring (bicyclic) bond motifs is 5. The Morgan fingerprint density at radius 2 is 2.00 bits per heavy atom. The van der Waals surface area contributed by atoms with Crippen molar-refractivity contribution in [2.75, 3.05) is 13.1 Å². The molecule has 2 bridgehead atoms. The largest absolute Gasteiger partial charge is 0.451 e. The van der Waals surface area contributed by atoms with Crippen LogP contribution in [-0.2, 0) is 6.54 Å². The summed E-state index contributed by atoms with van der Waals surface area (Å²) in [5.41, 5.74) is 1.81. The molecule has 1 aromatic carbocycles. The normalized spacial score (nSPS) is 21.7. The second kappa shape index (κ2) is 5.84. The van der Waals surface area contributed by atoms with Crippen LogP contribution in [0.25, 0.3) is 11.0 Å². The lowest BCUT2D eigenvalue weighted by molar-refractivity contribution is 0.0566. The third-order valence-electron chi connectivity index (χ3n) is 5.46. The number of piperidine rings is 1. The van der Waals surface area contributed by atoms with E-state index in [0.29, 0.717) is 36.9 Å². The Labute approximate surface area is 158 Å². The van der Waals surface area contributed by atoms with Gasteiger partial charge in [0.25, 0.3) is 11.5 Å². The maximum atomic E-state index is 13.0. The van der Waals surface area contributed by atoms with Gasteiger partial charge in [-0.15, -0.1) is 0 Å². The van der Waals surface area contributed by atoms with Crippen molar-refractivity contribution < 1.29 is 9.21 Å². The molecule has 4 heterocycles. The lowest BCUT2D eigenvalue weighted by atomic mass is 9.83. The molecule has 2 aromatic heterocycles. The minimum atomic E-state index is -0.0706. The van der Waals surface area contributed by atoms with E-state index in [0.717, 1.165) is 22.0 Å². The van der Waals surface area contributed by atoms with E-state index in [2.05, 4.69) is 15.9 Å². The highest BCUT2D eigenvalue weighted by Crippen LogP contribution is 2.36. The first-order valence-electron chi connectivity index (χ1n) is 8.76. The Balaban J connectivity index is 1.46. The fraction of sp³-hybridized carbons (Fsp3) is 0.300. The van der Waals surface area contributed by atoms with Crippen LogP contribution in [0.3, 0.4) is 0 Å². The summed E-state index contributed by atoms with van der Waals surface area (Å²) >= 11 is 3.44. The predicted octanol–water partition coefficient (Wildman–Crippen LogP) is 3.62. The first-order chi connectivity index (χ1) is 12.6. The van der Waals surface area contributed by atoms with Crippen molar-refractivity contribution in [3.8, 4) is 0 Å². The van der Waals surface area contributed by atoms with Gasteiger partial charge in [-0.25, -0.2) is 0 Å². The Morgan fingerprint density at radius 1 is 1.12 bits per heavy atom. The number of likely N-dealkylation sites (tertiary alicyclic amines) is 1. The summed E-state index contributed by atoms with van der Waals surface area (Å²) in [5.74, 6) is 0.824. The second-order valence-corrected chi connectivity index (χ2v) is 8.12. The number of carbonyl (C=O) groups is 1. The molecule has 0 radical (unpaired) electrons. The van der Waals surface area contributed by atoms with Crippen molar-refractivity contribution in [3.05, 3.63) is 68.7 Å². The van der Waals surface area contributed by atoms with Gasteiger partial charge in [-0.05, 0) is 42.7 Å². The molecular formula is C20H17BrN2O3. The van der Waals surface area contributed by atoms with E-state index in [1.54, 1.807) is 6.07 Å². The van der Waals surface area contributed by atoms with Crippen LogP contribution in [0.1, 0.15) is 28.6 Å². The lowest BCUT2D eigenvalue weighted by Crippen LogP contribution is -2.49. The van der Waals surface area contributed by atoms with Gasteiger partial charge in [0.2, 0.25) is 0 Å². The molecule has 3 aromatic rings. The zero-order valence-electron chi connectivity index (χ0n) is 14.0. The smallest absolute Gasteiger partial charge is 0.289 e. The first-order valence-corrected chi connectivity index (χ1v) is 9.56. The molecule has 0 spiro atoms. The summed E-state index contributed by atoms with van der Waals surface area (Å²) < 4.78 is 8.61. The van der Waals surface area contributed by atoms with Gasteiger partial charge in [-0.3, -0.25) is 9.59 Å². The van der Waals surface area contributed by atoms with Crippen molar-refractivity contribution in [2.24, 2.45) is 5.92 Å². The molecule has 1 amide bonds. The van der Waals surface area contributed by atoms with E-state index in [1.165, 1.54) is 0 Å².